The topological polar surface area (TPSA) is 66.8 Å². The average molecular weight is 344 g/mol. The van der Waals surface area contributed by atoms with Crippen LogP contribution in [0.5, 0.6) is 0 Å². The molecule has 1 heterocycles. The van der Waals surface area contributed by atoms with Crippen molar-refractivity contribution in [2.75, 3.05) is 6.61 Å². The fourth-order valence-electron chi connectivity index (χ4n) is 3.03. The van der Waals surface area contributed by atoms with Crippen molar-refractivity contribution >= 4 is 20.3 Å². The molecule has 0 aliphatic carbocycles. The Labute approximate surface area is 141 Å². The van der Waals surface area contributed by atoms with Crippen molar-refractivity contribution in [3.8, 4) is 0 Å². The van der Waals surface area contributed by atoms with Crippen LogP contribution in [0, 0.1) is 5.41 Å². The minimum absolute atomic E-state index is 0.127. The zero-order valence-electron chi connectivity index (χ0n) is 15.7. The summed E-state index contributed by atoms with van der Waals surface area (Å²) in [5.74, 6) is -0.229. The largest absolute Gasteiger partial charge is 0.465 e. The molecule has 1 fully saturated rings. The first kappa shape index (κ1) is 20.2. The molecule has 6 heteroatoms. The molecule has 1 N–H and O–H groups in total. The van der Waals surface area contributed by atoms with E-state index < -0.39 is 19.8 Å². The Bertz CT molecular complexity index is 452. The normalized spacial score (nSPS) is 21.8. The van der Waals surface area contributed by atoms with Crippen LogP contribution in [0.25, 0.3) is 0 Å². The predicted molar refractivity (Wildman–Crippen MR) is 94.1 cm³/mol. The van der Waals surface area contributed by atoms with Gasteiger partial charge in [-0.05, 0) is 43.8 Å². The quantitative estimate of drug-likeness (QED) is 0.722. The van der Waals surface area contributed by atoms with Crippen LogP contribution >= 0.6 is 0 Å². The first-order chi connectivity index (χ1) is 10.4. The van der Waals surface area contributed by atoms with Gasteiger partial charge in [-0.2, -0.15) is 0 Å². The molecule has 0 aromatic rings. The monoisotopic (exact) mass is 343 g/mol. The molecule has 0 spiro atoms. The summed E-state index contributed by atoms with van der Waals surface area (Å²) in [6, 6.07) is -0.260. The summed E-state index contributed by atoms with van der Waals surface area (Å²) in [6.07, 6.45) is 1.45. The number of rotatable bonds is 6. The lowest BCUT2D eigenvalue weighted by Gasteiger charge is -2.36. The molecule has 0 aromatic heterocycles. The molecule has 2 amide bonds. The average Bonchev–Trinajstić information content (AvgIpc) is 2.70. The number of hydrogen-bond acceptors (Lipinski definition) is 3. The first-order valence-corrected chi connectivity index (χ1v) is 11.5. The Morgan fingerprint density at radius 3 is 2.26 bits per heavy atom. The zero-order chi connectivity index (χ0) is 18.1. The van der Waals surface area contributed by atoms with Crippen molar-refractivity contribution in [1.82, 2.24) is 4.90 Å². The maximum Gasteiger partial charge on any atom is 0.414 e. The molecule has 1 aliphatic heterocycles. The lowest BCUT2D eigenvalue weighted by Crippen LogP contribution is -2.43. The van der Waals surface area contributed by atoms with Crippen molar-refractivity contribution < 1.29 is 19.1 Å². The van der Waals surface area contributed by atoms with Crippen molar-refractivity contribution in [2.24, 2.45) is 5.41 Å². The van der Waals surface area contributed by atoms with Crippen molar-refractivity contribution in [3.05, 3.63) is 0 Å². The highest BCUT2D eigenvalue weighted by atomic mass is 28.4. The maximum absolute atomic E-state index is 12.6. The number of amides is 2. The lowest BCUT2D eigenvalue weighted by molar-refractivity contribution is -0.135. The SMILES string of the molecule is CCC1(CC)CC(CCO[Si](C)(C)C(C)(C)C)N(C(=O)O)C1=O. The number of carbonyl (C=O) groups is 2. The van der Waals surface area contributed by atoms with Gasteiger partial charge in [0, 0.05) is 12.6 Å². The van der Waals surface area contributed by atoms with Gasteiger partial charge in [-0.15, -0.1) is 0 Å². The summed E-state index contributed by atoms with van der Waals surface area (Å²) in [6.45, 7) is 15.4. The molecule has 1 rings (SSSR count). The summed E-state index contributed by atoms with van der Waals surface area (Å²) < 4.78 is 6.16. The molecule has 5 nitrogen and oxygen atoms in total. The Kier molecular flexibility index (Phi) is 6.07. The molecular weight excluding hydrogens is 310 g/mol. The summed E-state index contributed by atoms with van der Waals surface area (Å²) in [4.78, 5) is 25.2. The Balaban J connectivity index is 2.79. The van der Waals surface area contributed by atoms with Crippen LogP contribution in [-0.2, 0) is 9.22 Å². The van der Waals surface area contributed by atoms with Gasteiger partial charge in [0.25, 0.3) is 0 Å². The fourth-order valence-corrected chi connectivity index (χ4v) is 4.09. The molecule has 1 saturated heterocycles. The zero-order valence-corrected chi connectivity index (χ0v) is 16.7. The van der Waals surface area contributed by atoms with Crippen LogP contribution in [0.1, 0.15) is 60.3 Å². The lowest BCUT2D eigenvalue weighted by atomic mass is 9.79. The highest BCUT2D eigenvalue weighted by Gasteiger charge is 2.51. The second-order valence-corrected chi connectivity index (χ2v) is 13.0. The van der Waals surface area contributed by atoms with E-state index in [9.17, 15) is 14.7 Å². The molecule has 0 bridgehead atoms. The molecule has 1 aliphatic rings. The van der Waals surface area contributed by atoms with Gasteiger partial charge in [0.15, 0.2) is 8.32 Å². The highest BCUT2D eigenvalue weighted by Crippen LogP contribution is 2.43. The molecule has 1 unspecified atom stereocenters. The second kappa shape index (κ2) is 6.93. The van der Waals surface area contributed by atoms with E-state index in [1.165, 1.54) is 0 Å². The van der Waals surface area contributed by atoms with Gasteiger partial charge in [-0.1, -0.05) is 34.6 Å². The molecule has 134 valence electrons. The Morgan fingerprint density at radius 2 is 1.87 bits per heavy atom. The summed E-state index contributed by atoms with van der Waals surface area (Å²) in [7, 11) is -1.85. The van der Waals surface area contributed by atoms with E-state index in [0.29, 0.717) is 32.3 Å². The molecule has 23 heavy (non-hydrogen) atoms. The third-order valence-electron chi connectivity index (χ3n) is 5.94. The molecule has 0 radical (unpaired) electrons. The standard InChI is InChI=1S/C17H33NO4Si/c1-8-17(9-2)12-13(18(14(17)19)15(20)21)10-11-22-23(6,7)16(3,4)5/h13H,8-12H2,1-7H3,(H,20,21). The Morgan fingerprint density at radius 1 is 1.35 bits per heavy atom. The van der Waals surface area contributed by atoms with Gasteiger partial charge in [-0.3, -0.25) is 4.79 Å². The minimum Gasteiger partial charge on any atom is -0.465 e. The highest BCUT2D eigenvalue weighted by molar-refractivity contribution is 6.74. The van der Waals surface area contributed by atoms with Gasteiger partial charge in [0.1, 0.15) is 0 Å². The summed E-state index contributed by atoms with van der Waals surface area (Å²) in [5.41, 5.74) is -0.514. The number of nitrogens with zero attached hydrogens (tertiary/aromatic N) is 1. The number of hydrogen-bond donors (Lipinski definition) is 1. The van der Waals surface area contributed by atoms with Crippen LogP contribution in [0.4, 0.5) is 4.79 Å². The third-order valence-corrected chi connectivity index (χ3v) is 10.5. The van der Waals surface area contributed by atoms with E-state index in [-0.39, 0.29) is 17.0 Å². The van der Waals surface area contributed by atoms with E-state index in [0.717, 1.165) is 4.90 Å². The van der Waals surface area contributed by atoms with E-state index in [4.69, 9.17) is 4.43 Å². The third kappa shape index (κ3) is 3.97. The number of carboxylic acid groups (broad SMARTS) is 1. The summed E-state index contributed by atoms with van der Waals surface area (Å²) >= 11 is 0. The maximum atomic E-state index is 12.6. The summed E-state index contributed by atoms with van der Waals surface area (Å²) in [5, 5.41) is 9.57. The van der Waals surface area contributed by atoms with Crippen LogP contribution < -0.4 is 0 Å². The molecule has 1 atom stereocenters. The van der Waals surface area contributed by atoms with E-state index in [1.54, 1.807) is 0 Å². The molecule has 0 aromatic carbocycles. The van der Waals surface area contributed by atoms with Crippen LogP contribution in [0.15, 0.2) is 0 Å². The van der Waals surface area contributed by atoms with Crippen molar-refractivity contribution in [3.63, 3.8) is 0 Å². The van der Waals surface area contributed by atoms with Crippen molar-refractivity contribution in [2.45, 2.75) is 84.5 Å². The molecule has 0 saturated carbocycles. The van der Waals surface area contributed by atoms with E-state index >= 15 is 0 Å². The first-order valence-electron chi connectivity index (χ1n) is 8.62. The fraction of sp³-hybridized carbons (Fsp3) is 0.882. The Hall–Kier alpha value is -0.883. The van der Waals surface area contributed by atoms with Gasteiger partial charge >= 0.3 is 6.09 Å². The number of imide groups is 1. The predicted octanol–water partition coefficient (Wildman–Crippen LogP) is 4.48. The minimum atomic E-state index is -1.85. The van der Waals surface area contributed by atoms with Crippen LogP contribution in [-0.4, -0.2) is 43.0 Å². The molecular formula is C17H33NO4Si. The van der Waals surface area contributed by atoms with E-state index in [2.05, 4.69) is 33.9 Å². The van der Waals surface area contributed by atoms with Gasteiger partial charge in [-0.25, -0.2) is 9.69 Å². The smallest absolute Gasteiger partial charge is 0.414 e. The van der Waals surface area contributed by atoms with Gasteiger partial charge in [0.05, 0.1) is 5.41 Å². The van der Waals surface area contributed by atoms with Gasteiger partial charge in [0.2, 0.25) is 5.91 Å². The van der Waals surface area contributed by atoms with Crippen LogP contribution in [0.3, 0.4) is 0 Å². The number of carbonyl (C=O) groups excluding carboxylic acids is 1. The van der Waals surface area contributed by atoms with E-state index in [1.807, 2.05) is 13.8 Å². The van der Waals surface area contributed by atoms with Crippen molar-refractivity contribution in [1.29, 1.82) is 0 Å². The van der Waals surface area contributed by atoms with Crippen LogP contribution in [0.2, 0.25) is 18.1 Å². The number of likely N-dealkylation sites (tertiary alicyclic amines) is 1. The van der Waals surface area contributed by atoms with Gasteiger partial charge < -0.3 is 9.53 Å². The second-order valence-electron chi connectivity index (χ2n) is 8.20.